The molecule has 2 heterocycles. The largest absolute Gasteiger partial charge is 0.419 e. The van der Waals surface area contributed by atoms with Crippen molar-refractivity contribution in [2.75, 3.05) is 6.54 Å². The van der Waals surface area contributed by atoms with Crippen LogP contribution in [0.2, 0.25) is 0 Å². The van der Waals surface area contributed by atoms with Crippen LogP contribution >= 0.6 is 0 Å². The number of amides is 1. The third-order valence-corrected chi connectivity index (χ3v) is 6.03. The summed E-state index contributed by atoms with van der Waals surface area (Å²) in [4.78, 5) is 21.0. The number of carbonyl (C=O) groups excluding carboxylic acids is 1. The smallest absolute Gasteiger partial charge is 0.267 e. The second-order valence-electron chi connectivity index (χ2n) is 8.69. The maximum atomic E-state index is 12.5. The van der Waals surface area contributed by atoms with Gasteiger partial charge in [-0.1, -0.05) is 26.0 Å². The van der Waals surface area contributed by atoms with E-state index in [9.17, 15) is 4.79 Å². The highest BCUT2D eigenvalue weighted by Crippen LogP contribution is 2.35. The molecule has 31 heavy (non-hydrogen) atoms. The Hall–Kier alpha value is -3.09. The number of hydrogen-bond acceptors (Lipinski definition) is 6. The van der Waals surface area contributed by atoms with Crippen molar-refractivity contribution in [3.8, 4) is 11.6 Å². The van der Waals surface area contributed by atoms with Crippen LogP contribution in [-0.4, -0.2) is 32.6 Å². The molecule has 2 aromatic heterocycles. The first kappa shape index (κ1) is 21.2. The van der Waals surface area contributed by atoms with Gasteiger partial charge in [0.05, 0.1) is 11.9 Å². The van der Waals surface area contributed by atoms with Gasteiger partial charge in [0.15, 0.2) is 0 Å². The molecule has 0 radical (unpaired) electrons. The second kappa shape index (κ2) is 9.37. The SMILES string of the molecule is Cc1cnc(-c2nnc(C3CCC(CNC(=O)c4ccc(C(C)C)cc4)CC3)o2)cn1. The molecule has 0 bridgehead atoms. The molecule has 1 saturated carbocycles. The number of carbonyl (C=O) groups is 1. The molecule has 1 amide bonds. The van der Waals surface area contributed by atoms with E-state index in [2.05, 4.69) is 39.3 Å². The van der Waals surface area contributed by atoms with Crippen molar-refractivity contribution in [1.29, 1.82) is 0 Å². The second-order valence-corrected chi connectivity index (χ2v) is 8.69. The van der Waals surface area contributed by atoms with Crippen LogP contribution in [-0.2, 0) is 0 Å². The Morgan fingerprint density at radius 3 is 2.45 bits per heavy atom. The molecule has 0 spiro atoms. The van der Waals surface area contributed by atoms with Crippen LogP contribution in [0, 0.1) is 12.8 Å². The molecule has 7 heteroatoms. The number of nitrogens with one attached hydrogen (secondary N) is 1. The minimum atomic E-state index is -0.00169. The van der Waals surface area contributed by atoms with Gasteiger partial charge in [-0.05, 0) is 62.1 Å². The predicted molar refractivity (Wildman–Crippen MR) is 118 cm³/mol. The van der Waals surface area contributed by atoms with Crippen molar-refractivity contribution in [2.45, 2.75) is 58.3 Å². The van der Waals surface area contributed by atoms with E-state index in [-0.39, 0.29) is 11.8 Å². The van der Waals surface area contributed by atoms with Gasteiger partial charge >= 0.3 is 0 Å². The molecule has 0 atom stereocenters. The molecule has 0 unspecified atom stereocenters. The monoisotopic (exact) mass is 419 g/mol. The molecule has 3 aromatic rings. The van der Waals surface area contributed by atoms with Crippen LogP contribution in [0.15, 0.2) is 41.1 Å². The van der Waals surface area contributed by atoms with E-state index < -0.39 is 0 Å². The van der Waals surface area contributed by atoms with Crippen LogP contribution in [0.4, 0.5) is 0 Å². The zero-order valence-corrected chi connectivity index (χ0v) is 18.3. The first-order chi connectivity index (χ1) is 15.0. The maximum Gasteiger partial charge on any atom is 0.267 e. The van der Waals surface area contributed by atoms with Crippen molar-refractivity contribution in [2.24, 2.45) is 5.92 Å². The highest BCUT2D eigenvalue weighted by Gasteiger charge is 2.27. The fourth-order valence-corrected chi connectivity index (χ4v) is 3.98. The van der Waals surface area contributed by atoms with Gasteiger partial charge < -0.3 is 9.73 Å². The summed E-state index contributed by atoms with van der Waals surface area (Å²) < 4.78 is 5.87. The number of hydrogen-bond donors (Lipinski definition) is 1. The highest BCUT2D eigenvalue weighted by atomic mass is 16.4. The van der Waals surface area contributed by atoms with Gasteiger partial charge in [-0.15, -0.1) is 10.2 Å². The Balaban J connectivity index is 1.26. The fourth-order valence-electron chi connectivity index (χ4n) is 3.98. The molecule has 162 valence electrons. The van der Waals surface area contributed by atoms with Crippen LogP contribution in [0.1, 0.15) is 78.9 Å². The van der Waals surface area contributed by atoms with Crippen LogP contribution in [0.25, 0.3) is 11.6 Å². The summed E-state index contributed by atoms with van der Waals surface area (Å²) in [6, 6.07) is 7.89. The van der Waals surface area contributed by atoms with Crippen molar-refractivity contribution >= 4 is 5.91 Å². The topological polar surface area (TPSA) is 93.8 Å². The fraction of sp³-hybridized carbons (Fsp3) is 0.458. The van der Waals surface area contributed by atoms with Gasteiger partial charge in [0.2, 0.25) is 5.89 Å². The normalized spacial score (nSPS) is 18.8. The van der Waals surface area contributed by atoms with E-state index in [0.717, 1.165) is 36.9 Å². The highest BCUT2D eigenvalue weighted by molar-refractivity contribution is 5.94. The predicted octanol–water partition coefficient (Wildman–Crippen LogP) is 4.66. The summed E-state index contributed by atoms with van der Waals surface area (Å²) in [7, 11) is 0. The van der Waals surface area contributed by atoms with Crippen molar-refractivity contribution in [1.82, 2.24) is 25.5 Å². The van der Waals surface area contributed by atoms with E-state index >= 15 is 0 Å². The van der Waals surface area contributed by atoms with Crippen molar-refractivity contribution in [3.63, 3.8) is 0 Å². The lowest BCUT2D eigenvalue weighted by Crippen LogP contribution is -2.31. The number of benzene rings is 1. The molecule has 0 aliphatic heterocycles. The third kappa shape index (κ3) is 5.16. The average Bonchev–Trinajstić information content (AvgIpc) is 3.28. The van der Waals surface area contributed by atoms with Gasteiger partial charge in [-0.25, -0.2) is 4.98 Å². The molecule has 1 aliphatic rings. The van der Waals surface area contributed by atoms with E-state index in [1.165, 1.54) is 5.56 Å². The molecule has 0 saturated heterocycles. The van der Waals surface area contributed by atoms with Crippen molar-refractivity contribution < 1.29 is 9.21 Å². The van der Waals surface area contributed by atoms with Gasteiger partial charge in [-0.2, -0.15) is 0 Å². The summed E-state index contributed by atoms with van der Waals surface area (Å²) in [6.07, 6.45) is 7.36. The molecule has 7 nitrogen and oxygen atoms in total. The summed E-state index contributed by atoms with van der Waals surface area (Å²) >= 11 is 0. The Morgan fingerprint density at radius 1 is 1.06 bits per heavy atom. The van der Waals surface area contributed by atoms with Crippen molar-refractivity contribution in [3.05, 3.63) is 59.4 Å². The Bertz CT molecular complexity index is 1000. The van der Waals surface area contributed by atoms with Crippen LogP contribution < -0.4 is 5.32 Å². The molecule has 1 aliphatic carbocycles. The zero-order chi connectivity index (χ0) is 21.8. The molecular formula is C24H29N5O2. The summed E-state index contributed by atoms with van der Waals surface area (Å²) in [5.74, 6) is 2.28. The molecule has 1 N–H and O–H groups in total. The lowest BCUT2D eigenvalue weighted by Gasteiger charge is -2.26. The molecule has 1 fully saturated rings. The minimum Gasteiger partial charge on any atom is -0.419 e. The zero-order valence-electron chi connectivity index (χ0n) is 18.3. The Morgan fingerprint density at radius 2 is 1.81 bits per heavy atom. The van der Waals surface area contributed by atoms with E-state index in [4.69, 9.17) is 4.42 Å². The van der Waals surface area contributed by atoms with Gasteiger partial charge in [0, 0.05) is 24.2 Å². The third-order valence-electron chi connectivity index (χ3n) is 6.03. The lowest BCUT2D eigenvalue weighted by atomic mass is 9.82. The standard InChI is InChI=1S/C24H29N5O2/c1-15(2)18-8-10-19(11-9-18)22(30)27-13-17-4-6-20(7-5-17)23-28-29-24(31-23)21-14-25-16(3)12-26-21/h8-12,14-15,17,20H,4-7,13H2,1-3H3,(H,27,30). The number of rotatable bonds is 6. The summed E-state index contributed by atoms with van der Waals surface area (Å²) in [6.45, 7) is 6.89. The summed E-state index contributed by atoms with van der Waals surface area (Å²) in [5, 5.41) is 11.5. The van der Waals surface area contributed by atoms with Crippen LogP contribution in [0.3, 0.4) is 0 Å². The van der Waals surface area contributed by atoms with Gasteiger partial charge in [0.1, 0.15) is 5.69 Å². The van der Waals surface area contributed by atoms with Gasteiger partial charge in [0.25, 0.3) is 11.8 Å². The first-order valence-corrected chi connectivity index (χ1v) is 11.0. The molecule has 4 rings (SSSR count). The molecular weight excluding hydrogens is 390 g/mol. The van der Waals surface area contributed by atoms with Gasteiger partial charge in [-0.3, -0.25) is 9.78 Å². The molecule has 1 aromatic carbocycles. The number of nitrogens with zero attached hydrogens (tertiary/aromatic N) is 4. The Kier molecular flexibility index (Phi) is 6.39. The van der Waals surface area contributed by atoms with Crippen LogP contribution in [0.5, 0.6) is 0 Å². The van der Waals surface area contributed by atoms with E-state index in [1.807, 2.05) is 31.2 Å². The quantitative estimate of drug-likeness (QED) is 0.624. The number of aromatic nitrogens is 4. The summed E-state index contributed by atoms with van der Waals surface area (Å²) in [5.41, 5.74) is 3.41. The first-order valence-electron chi connectivity index (χ1n) is 11.0. The minimum absolute atomic E-state index is 0.00169. The Labute approximate surface area is 182 Å². The average molecular weight is 420 g/mol. The number of aryl methyl sites for hydroxylation is 1. The van der Waals surface area contributed by atoms with E-state index in [1.54, 1.807) is 12.4 Å². The van der Waals surface area contributed by atoms with E-state index in [0.29, 0.717) is 35.9 Å². The maximum absolute atomic E-state index is 12.5. The lowest BCUT2D eigenvalue weighted by molar-refractivity contribution is 0.0942.